The molecule has 0 aliphatic rings. The van der Waals surface area contributed by atoms with E-state index in [0.29, 0.717) is 5.92 Å². The topological polar surface area (TPSA) is 0 Å². The Hall–Kier alpha value is -0.490. The average Bonchev–Trinajstić information content (AvgIpc) is 2.20. The minimum atomic E-state index is 0.560. The van der Waals surface area contributed by atoms with Crippen LogP contribution in [0.3, 0.4) is 0 Å². The molecule has 0 heterocycles. The van der Waals surface area contributed by atoms with Gasteiger partial charge in [-0.25, -0.2) is 0 Å². The van der Waals surface area contributed by atoms with Gasteiger partial charge in [0.2, 0.25) is 0 Å². The van der Waals surface area contributed by atoms with Gasteiger partial charge in [-0.15, -0.1) is 0 Å². The number of hydrogen-bond acceptors (Lipinski definition) is 0. The number of benzene rings is 1. The first-order valence-electron chi connectivity index (χ1n) is 5.72. The zero-order valence-electron chi connectivity index (χ0n) is 9.89. The van der Waals surface area contributed by atoms with E-state index in [2.05, 4.69) is 33.3 Å². The first-order valence-corrected chi connectivity index (χ1v) is 6.09. The summed E-state index contributed by atoms with van der Waals surface area (Å²) in [6.45, 7) is 6.55. The maximum Gasteiger partial charge on any atom is 0.0440 e. The third kappa shape index (κ3) is 3.53. The van der Waals surface area contributed by atoms with Crippen LogP contribution in [0.25, 0.3) is 0 Å². The van der Waals surface area contributed by atoms with Crippen molar-refractivity contribution in [1.82, 2.24) is 0 Å². The monoisotopic (exact) mass is 223 g/mol. The first kappa shape index (κ1) is 12.6. The van der Waals surface area contributed by atoms with Gasteiger partial charge in [0.05, 0.1) is 0 Å². The predicted molar refractivity (Wildman–Crippen MR) is 68.5 cm³/mol. The van der Waals surface area contributed by atoms with E-state index in [-0.39, 0.29) is 0 Å². The van der Waals surface area contributed by atoms with Crippen molar-refractivity contribution in [2.24, 2.45) is 0 Å². The van der Waals surface area contributed by atoms with Crippen LogP contribution < -0.4 is 0 Å². The third-order valence-corrected chi connectivity index (χ3v) is 3.05. The van der Waals surface area contributed by atoms with Gasteiger partial charge in [-0.3, -0.25) is 0 Å². The van der Waals surface area contributed by atoms with E-state index in [0.717, 1.165) is 11.4 Å². The zero-order chi connectivity index (χ0) is 11.3. The van der Waals surface area contributed by atoms with Gasteiger partial charge in [0.15, 0.2) is 0 Å². The summed E-state index contributed by atoms with van der Waals surface area (Å²) >= 11 is 6.24. The molecular formula is C14H20Cl. The molecule has 0 atom stereocenters. The highest BCUT2D eigenvalue weighted by atomic mass is 35.5. The van der Waals surface area contributed by atoms with E-state index in [4.69, 9.17) is 11.6 Å². The minimum absolute atomic E-state index is 0.560. The smallest absolute Gasteiger partial charge is 0.0440 e. The van der Waals surface area contributed by atoms with E-state index in [9.17, 15) is 0 Å². The molecule has 1 radical (unpaired) electrons. The summed E-state index contributed by atoms with van der Waals surface area (Å²) in [5.74, 6) is 0.560. The van der Waals surface area contributed by atoms with Gasteiger partial charge in [-0.1, -0.05) is 50.9 Å². The molecule has 0 aliphatic carbocycles. The highest BCUT2D eigenvalue weighted by molar-refractivity contribution is 6.31. The van der Waals surface area contributed by atoms with Gasteiger partial charge in [0.25, 0.3) is 0 Å². The number of rotatable bonds is 5. The first-order chi connectivity index (χ1) is 7.16. The Balaban J connectivity index is 2.82. The van der Waals surface area contributed by atoms with Crippen molar-refractivity contribution < 1.29 is 0 Å². The normalized spacial score (nSPS) is 11.0. The third-order valence-electron chi connectivity index (χ3n) is 2.70. The SMILES string of the molecule is C[CH]CCCc1c(Cl)cccc1C(C)C. The van der Waals surface area contributed by atoms with Crippen molar-refractivity contribution in [2.45, 2.75) is 46.0 Å². The van der Waals surface area contributed by atoms with Crippen LogP contribution >= 0.6 is 11.6 Å². The summed E-state index contributed by atoms with van der Waals surface area (Å²) in [4.78, 5) is 0. The molecular weight excluding hydrogens is 204 g/mol. The van der Waals surface area contributed by atoms with Crippen LogP contribution in [0.1, 0.15) is 50.7 Å². The van der Waals surface area contributed by atoms with Crippen LogP contribution in [0, 0.1) is 6.42 Å². The second-order valence-corrected chi connectivity index (χ2v) is 4.67. The van der Waals surface area contributed by atoms with Crippen molar-refractivity contribution in [3.63, 3.8) is 0 Å². The maximum absolute atomic E-state index is 6.24. The molecule has 1 aromatic rings. The zero-order valence-corrected chi connectivity index (χ0v) is 10.6. The van der Waals surface area contributed by atoms with Crippen LogP contribution in [0.15, 0.2) is 18.2 Å². The highest BCUT2D eigenvalue weighted by Gasteiger charge is 2.09. The fraction of sp³-hybridized carbons (Fsp3) is 0.500. The molecule has 0 N–H and O–H groups in total. The molecule has 0 nitrogen and oxygen atoms in total. The molecule has 83 valence electrons. The lowest BCUT2D eigenvalue weighted by Gasteiger charge is -2.14. The van der Waals surface area contributed by atoms with E-state index < -0.39 is 0 Å². The molecule has 0 amide bonds. The maximum atomic E-state index is 6.24. The second-order valence-electron chi connectivity index (χ2n) is 4.26. The fourth-order valence-corrected chi connectivity index (χ4v) is 2.14. The number of hydrogen-bond donors (Lipinski definition) is 0. The molecule has 0 spiro atoms. The Kier molecular flexibility index (Phi) is 5.17. The van der Waals surface area contributed by atoms with Gasteiger partial charge < -0.3 is 0 Å². The molecule has 0 fully saturated rings. The molecule has 0 unspecified atom stereocenters. The van der Waals surface area contributed by atoms with Gasteiger partial charge >= 0.3 is 0 Å². The Morgan fingerprint density at radius 3 is 2.67 bits per heavy atom. The van der Waals surface area contributed by atoms with E-state index in [1.165, 1.54) is 24.0 Å². The summed E-state index contributed by atoms with van der Waals surface area (Å²) in [5.41, 5.74) is 2.75. The van der Waals surface area contributed by atoms with E-state index in [1.807, 2.05) is 12.1 Å². The molecule has 1 rings (SSSR count). The fourth-order valence-electron chi connectivity index (χ4n) is 1.86. The van der Waals surface area contributed by atoms with Gasteiger partial charge in [-0.05, 0) is 42.4 Å². The Morgan fingerprint density at radius 1 is 1.33 bits per heavy atom. The van der Waals surface area contributed by atoms with Gasteiger partial charge in [0.1, 0.15) is 0 Å². The van der Waals surface area contributed by atoms with Gasteiger partial charge in [-0.2, -0.15) is 0 Å². The Bertz CT molecular complexity index is 302. The lowest BCUT2D eigenvalue weighted by molar-refractivity contribution is 0.776. The minimum Gasteiger partial charge on any atom is -0.0840 e. The Labute approximate surface area is 98.7 Å². The predicted octanol–water partition coefficient (Wildman–Crippen LogP) is 5.01. The molecule has 1 aromatic carbocycles. The average molecular weight is 224 g/mol. The standard InChI is InChI=1S/C14H20Cl/c1-4-5-6-8-13-12(11(2)3)9-7-10-14(13)15/h4,7,9-11H,5-6,8H2,1-3H3. The van der Waals surface area contributed by atoms with Gasteiger partial charge in [0, 0.05) is 5.02 Å². The molecule has 15 heavy (non-hydrogen) atoms. The summed E-state index contributed by atoms with van der Waals surface area (Å²) in [7, 11) is 0. The summed E-state index contributed by atoms with van der Waals surface area (Å²) in [6, 6.07) is 6.24. The highest BCUT2D eigenvalue weighted by Crippen LogP contribution is 2.27. The van der Waals surface area contributed by atoms with Crippen molar-refractivity contribution in [3.05, 3.63) is 40.8 Å². The molecule has 0 aliphatic heterocycles. The van der Waals surface area contributed by atoms with Crippen molar-refractivity contribution in [1.29, 1.82) is 0 Å². The van der Waals surface area contributed by atoms with Crippen LogP contribution in [0.5, 0.6) is 0 Å². The molecule has 0 bridgehead atoms. The van der Waals surface area contributed by atoms with Crippen molar-refractivity contribution in [2.75, 3.05) is 0 Å². The largest absolute Gasteiger partial charge is 0.0840 e. The molecule has 0 saturated heterocycles. The quantitative estimate of drug-likeness (QED) is 0.616. The lowest BCUT2D eigenvalue weighted by Crippen LogP contribution is -1.97. The summed E-state index contributed by atoms with van der Waals surface area (Å²) < 4.78 is 0. The lowest BCUT2D eigenvalue weighted by atomic mass is 9.94. The number of unbranched alkanes of at least 4 members (excludes halogenated alkanes) is 2. The van der Waals surface area contributed by atoms with Crippen LogP contribution in [0.4, 0.5) is 0 Å². The van der Waals surface area contributed by atoms with Crippen LogP contribution in [-0.2, 0) is 6.42 Å². The Morgan fingerprint density at radius 2 is 2.07 bits per heavy atom. The van der Waals surface area contributed by atoms with Crippen molar-refractivity contribution in [3.8, 4) is 0 Å². The molecule has 0 aromatic heterocycles. The molecule has 0 saturated carbocycles. The number of halogens is 1. The summed E-state index contributed by atoms with van der Waals surface area (Å²) in [5, 5.41) is 0.928. The van der Waals surface area contributed by atoms with Crippen LogP contribution in [-0.4, -0.2) is 0 Å². The van der Waals surface area contributed by atoms with Crippen LogP contribution in [0.2, 0.25) is 5.02 Å². The summed E-state index contributed by atoms with van der Waals surface area (Å²) in [6.07, 6.45) is 5.67. The second kappa shape index (κ2) is 6.17. The molecule has 1 heteroatoms. The van der Waals surface area contributed by atoms with E-state index >= 15 is 0 Å². The van der Waals surface area contributed by atoms with Crippen molar-refractivity contribution >= 4 is 11.6 Å². The van der Waals surface area contributed by atoms with E-state index in [1.54, 1.807) is 0 Å².